The fraction of sp³-hybridized carbons (Fsp3) is 0.581. The van der Waals surface area contributed by atoms with E-state index in [1.165, 1.54) is 51.7 Å². The number of methoxy groups -OCH3 is 1. The molecule has 1 aromatic heterocycles. The standard InChI is InChI=1S/C31H44FN5O2/c1-31(2,21-39-5)37-29-25-17-24(26(32)18-27(25)33-19-28(29)35(4)30(37)38)22-12-13-23(34(3)20-22)11-7-10-16-36-14-8-6-9-15-36/h12-13,17-18,20,23,33H,6-11,14-16,19,21H2,1-5H3. The number of benzene rings is 1. The summed E-state index contributed by atoms with van der Waals surface area (Å²) in [6.45, 7) is 8.55. The molecule has 1 saturated heterocycles. The van der Waals surface area contributed by atoms with Gasteiger partial charge < -0.3 is 19.9 Å². The van der Waals surface area contributed by atoms with Crippen molar-refractivity contribution in [3.05, 3.63) is 58.0 Å². The van der Waals surface area contributed by atoms with Crippen molar-refractivity contribution in [1.29, 1.82) is 0 Å². The van der Waals surface area contributed by atoms with Crippen LogP contribution in [0.25, 0.3) is 16.8 Å². The Hall–Kier alpha value is -2.84. The van der Waals surface area contributed by atoms with E-state index in [2.05, 4.69) is 40.5 Å². The highest BCUT2D eigenvalue weighted by Crippen LogP contribution is 2.40. The minimum Gasteiger partial charge on any atom is -0.382 e. The van der Waals surface area contributed by atoms with Crippen LogP contribution in [0.3, 0.4) is 0 Å². The predicted molar refractivity (Wildman–Crippen MR) is 156 cm³/mol. The largest absolute Gasteiger partial charge is 0.382 e. The number of fused-ring (bicyclic) bond motifs is 3. The maximum atomic E-state index is 15.5. The molecule has 3 aliphatic rings. The third-order valence-electron chi connectivity index (χ3n) is 8.64. The number of likely N-dealkylation sites (tertiary alicyclic amines) is 1. The first kappa shape index (κ1) is 27.7. The summed E-state index contributed by atoms with van der Waals surface area (Å²) in [7, 11) is 5.52. The third kappa shape index (κ3) is 5.46. The van der Waals surface area contributed by atoms with E-state index < -0.39 is 5.54 Å². The van der Waals surface area contributed by atoms with Gasteiger partial charge in [-0.05, 0) is 77.7 Å². The molecule has 39 heavy (non-hydrogen) atoms. The highest BCUT2D eigenvalue weighted by Gasteiger charge is 2.33. The van der Waals surface area contributed by atoms with Gasteiger partial charge in [0.25, 0.3) is 0 Å². The molecular weight excluding hydrogens is 493 g/mol. The van der Waals surface area contributed by atoms with Crippen molar-refractivity contribution >= 4 is 11.3 Å². The summed E-state index contributed by atoms with van der Waals surface area (Å²) in [6.07, 6.45) is 13.9. The van der Waals surface area contributed by atoms with Crippen LogP contribution < -0.4 is 11.0 Å². The van der Waals surface area contributed by atoms with E-state index in [0.29, 0.717) is 30.4 Å². The maximum Gasteiger partial charge on any atom is 0.329 e. The monoisotopic (exact) mass is 537 g/mol. The molecule has 0 amide bonds. The number of nitrogens with one attached hydrogen (secondary N) is 1. The molecule has 1 aromatic carbocycles. The first-order valence-electron chi connectivity index (χ1n) is 14.4. The molecule has 2 aromatic rings. The van der Waals surface area contributed by atoms with Crippen LogP contribution in [-0.4, -0.2) is 65.4 Å². The first-order valence-corrected chi connectivity index (χ1v) is 14.4. The molecule has 212 valence electrons. The van der Waals surface area contributed by atoms with E-state index in [4.69, 9.17) is 4.74 Å². The van der Waals surface area contributed by atoms with Gasteiger partial charge in [-0.1, -0.05) is 18.6 Å². The van der Waals surface area contributed by atoms with Gasteiger partial charge in [0.15, 0.2) is 0 Å². The van der Waals surface area contributed by atoms with Gasteiger partial charge in [-0.3, -0.25) is 9.13 Å². The molecule has 0 aliphatic carbocycles. The van der Waals surface area contributed by atoms with Crippen molar-refractivity contribution in [2.24, 2.45) is 7.05 Å². The van der Waals surface area contributed by atoms with Crippen LogP contribution in [0.5, 0.6) is 0 Å². The average molecular weight is 538 g/mol. The van der Waals surface area contributed by atoms with Gasteiger partial charge in [0.05, 0.1) is 30.1 Å². The number of unbranched alkanes of at least 4 members (excludes halogenated alkanes) is 1. The minimum atomic E-state index is -0.564. The average Bonchev–Trinajstić information content (AvgIpc) is 3.18. The van der Waals surface area contributed by atoms with Crippen LogP contribution >= 0.6 is 0 Å². The van der Waals surface area contributed by atoms with E-state index in [1.807, 2.05) is 24.5 Å². The molecule has 4 heterocycles. The van der Waals surface area contributed by atoms with E-state index in [-0.39, 0.29) is 11.5 Å². The van der Waals surface area contributed by atoms with Crippen LogP contribution in [0.2, 0.25) is 0 Å². The molecule has 7 nitrogen and oxygen atoms in total. The zero-order valence-corrected chi connectivity index (χ0v) is 24.2. The number of nitrogens with zero attached hydrogens (tertiary/aromatic N) is 4. The summed E-state index contributed by atoms with van der Waals surface area (Å²) in [4.78, 5) is 18.2. The van der Waals surface area contributed by atoms with Crippen LogP contribution in [0.4, 0.5) is 10.1 Å². The molecule has 1 unspecified atom stereocenters. The van der Waals surface area contributed by atoms with Crippen molar-refractivity contribution in [2.45, 2.75) is 70.5 Å². The van der Waals surface area contributed by atoms with Crippen molar-refractivity contribution in [3.8, 4) is 11.3 Å². The van der Waals surface area contributed by atoms with Gasteiger partial charge in [-0.25, -0.2) is 9.18 Å². The Morgan fingerprint density at radius 3 is 2.59 bits per heavy atom. The van der Waals surface area contributed by atoms with Gasteiger partial charge >= 0.3 is 5.69 Å². The number of anilines is 1. The summed E-state index contributed by atoms with van der Waals surface area (Å²) < 4.78 is 24.5. The number of ether oxygens (including phenoxy) is 1. The van der Waals surface area contributed by atoms with Gasteiger partial charge in [0, 0.05) is 55.8 Å². The highest BCUT2D eigenvalue weighted by molar-refractivity contribution is 5.86. The molecular formula is C31H44FN5O2. The lowest BCUT2D eigenvalue weighted by Gasteiger charge is -2.31. The summed E-state index contributed by atoms with van der Waals surface area (Å²) in [5.74, 6) is -0.269. The van der Waals surface area contributed by atoms with E-state index >= 15 is 4.39 Å². The van der Waals surface area contributed by atoms with Gasteiger partial charge in [0.2, 0.25) is 0 Å². The molecule has 1 atom stereocenters. The number of likely N-dealkylation sites (N-methyl/N-ethyl adjacent to an activating group) is 1. The topological polar surface area (TPSA) is 54.7 Å². The molecule has 1 fully saturated rings. The lowest BCUT2D eigenvalue weighted by molar-refractivity contribution is 0.108. The van der Waals surface area contributed by atoms with E-state index in [1.54, 1.807) is 24.8 Å². The molecule has 0 radical (unpaired) electrons. The molecule has 0 saturated carbocycles. The molecule has 8 heteroatoms. The quantitative estimate of drug-likeness (QED) is 0.448. The Kier molecular flexibility index (Phi) is 8.06. The smallest absolute Gasteiger partial charge is 0.329 e. The Morgan fingerprint density at radius 1 is 1.10 bits per heavy atom. The molecule has 0 bridgehead atoms. The number of piperidine rings is 1. The van der Waals surface area contributed by atoms with Crippen molar-refractivity contribution in [2.75, 3.05) is 45.7 Å². The van der Waals surface area contributed by atoms with Crippen molar-refractivity contribution < 1.29 is 9.13 Å². The lowest BCUT2D eigenvalue weighted by Crippen LogP contribution is -2.40. The molecule has 3 aliphatic heterocycles. The number of halogens is 1. The fourth-order valence-electron chi connectivity index (χ4n) is 6.46. The van der Waals surface area contributed by atoms with Gasteiger partial charge in [0.1, 0.15) is 5.82 Å². The SMILES string of the molecule is COCC(C)(C)n1c2c(n(C)c1=O)CNc1cc(F)c(C3=CN(C)C(CCCCN4CCCCC4)C=C3)cc1-2. The van der Waals surface area contributed by atoms with Crippen molar-refractivity contribution in [1.82, 2.24) is 18.9 Å². The Bertz CT molecular complexity index is 1320. The molecule has 1 N–H and O–H groups in total. The summed E-state index contributed by atoms with van der Waals surface area (Å²) in [5, 5.41) is 3.33. The third-order valence-corrected chi connectivity index (χ3v) is 8.64. The molecule has 5 rings (SSSR count). The number of aromatic nitrogens is 2. The Morgan fingerprint density at radius 2 is 1.87 bits per heavy atom. The zero-order valence-electron chi connectivity index (χ0n) is 24.2. The second kappa shape index (κ2) is 11.3. The lowest BCUT2D eigenvalue weighted by atomic mass is 9.93. The second-order valence-electron chi connectivity index (χ2n) is 12.0. The fourth-order valence-corrected chi connectivity index (χ4v) is 6.46. The van der Waals surface area contributed by atoms with Crippen LogP contribution in [-0.2, 0) is 23.9 Å². The maximum absolute atomic E-state index is 15.5. The zero-order chi connectivity index (χ0) is 27.7. The molecule has 0 spiro atoms. The van der Waals surface area contributed by atoms with Crippen LogP contribution in [0, 0.1) is 5.82 Å². The normalized spacial score (nSPS) is 19.5. The number of rotatable bonds is 9. The summed E-state index contributed by atoms with van der Waals surface area (Å²) >= 11 is 0. The van der Waals surface area contributed by atoms with Crippen molar-refractivity contribution in [3.63, 3.8) is 0 Å². The van der Waals surface area contributed by atoms with Crippen LogP contribution in [0.15, 0.2) is 35.3 Å². The second-order valence-corrected chi connectivity index (χ2v) is 12.0. The number of hydrogen-bond donors (Lipinski definition) is 1. The van der Waals surface area contributed by atoms with Gasteiger partial charge in [-0.15, -0.1) is 0 Å². The summed E-state index contributed by atoms with van der Waals surface area (Å²) in [5.41, 5.74) is 4.00. The Balaban J connectivity index is 1.37. The Labute approximate surface area is 231 Å². The number of allylic oxidation sites excluding steroid dienone is 2. The van der Waals surface area contributed by atoms with Gasteiger partial charge in [-0.2, -0.15) is 0 Å². The predicted octanol–water partition coefficient (Wildman–Crippen LogP) is 5.17. The van der Waals surface area contributed by atoms with E-state index in [9.17, 15) is 4.79 Å². The highest BCUT2D eigenvalue weighted by atomic mass is 19.1. The summed E-state index contributed by atoms with van der Waals surface area (Å²) in [6, 6.07) is 3.79. The number of imidazole rings is 1. The number of hydrogen-bond acceptors (Lipinski definition) is 5. The van der Waals surface area contributed by atoms with Crippen LogP contribution in [0.1, 0.15) is 63.6 Å². The first-order chi connectivity index (χ1) is 18.7. The minimum absolute atomic E-state index is 0.0952. The van der Waals surface area contributed by atoms with E-state index in [0.717, 1.165) is 28.9 Å².